The maximum absolute atomic E-state index is 12.4. The number of carbonyl (C=O) groups excluding carboxylic acids is 1. The molecule has 5 heteroatoms. The summed E-state index contributed by atoms with van der Waals surface area (Å²) in [6, 6.07) is 17.7. The molecule has 2 heterocycles. The van der Waals surface area contributed by atoms with Gasteiger partial charge in [-0.1, -0.05) is 24.6 Å². The lowest BCUT2D eigenvalue weighted by Crippen LogP contribution is -2.48. The van der Waals surface area contributed by atoms with Crippen molar-refractivity contribution in [2.75, 3.05) is 39.3 Å². The summed E-state index contributed by atoms with van der Waals surface area (Å²) in [5, 5.41) is 3.06. The second kappa shape index (κ2) is 10.6. The van der Waals surface area contributed by atoms with E-state index < -0.39 is 0 Å². The van der Waals surface area contributed by atoms with Crippen molar-refractivity contribution >= 4 is 5.91 Å². The zero-order valence-corrected chi connectivity index (χ0v) is 17.8. The molecule has 2 aromatic rings. The second-order valence-corrected chi connectivity index (χ2v) is 8.36. The minimum absolute atomic E-state index is 0.0236. The highest BCUT2D eigenvalue weighted by atomic mass is 16.5. The molecule has 160 valence electrons. The van der Waals surface area contributed by atoms with E-state index >= 15 is 0 Å². The normalized spacial score (nSPS) is 18.8. The third-order valence-corrected chi connectivity index (χ3v) is 6.27. The number of rotatable bonds is 7. The van der Waals surface area contributed by atoms with Gasteiger partial charge in [0.1, 0.15) is 11.5 Å². The summed E-state index contributed by atoms with van der Waals surface area (Å²) in [4.78, 5) is 17.6. The number of piperidine rings is 2. The Morgan fingerprint density at radius 3 is 2.23 bits per heavy atom. The summed E-state index contributed by atoms with van der Waals surface area (Å²) >= 11 is 0. The standard InChI is InChI=1S/C25H33N3O2/c29-25(21-9-11-24(12-10-21)30-23-7-3-1-4-8-23)26-15-20-27-18-13-22(14-19-27)28-16-5-2-6-17-28/h1,3-4,7-12,22H,2,5-6,13-20H2,(H,26,29). The van der Waals surface area contributed by atoms with Gasteiger partial charge in [-0.25, -0.2) is 0 Å². The molecule has 1 N–H and O–H groups in total. The van der Waals surface area contributed by atoms with Crippen molar-refractivity contribution in [3.63, 3.8) is 0 Å². The van der Waals surface area contributed by atoms with E-state index in [2.05, 4.69) is 15.1 Å². The number of nitrogens with zero attached hydrogens (tertiary/aromatic N) is 2. The number of amides is 1. The number of carbonyl (C=O) groups is 1. The molecule has 0 spiro atoms. The Morgan fingerprint density at radius 1 is 0.867 bits per heavy atom. The summed E-state index contributed by atoms with van der Waals surface area (Å²) in [7, 11) is 0. The van der Waals surface area contributed by atoms with Gasteiger partial charge in [0.15, 0.2) is 0 Å². The lowest BCUT2D eigenvalue weighted by atomic mass is 10.00. The van der Waals surface area contributed by atoms with Gasteiger partial charge >= 0.3 is 0 Å². The Hall–Kier alpha value is -2.37. The predicted molar refractivity (Wildman–Crippen MR) is 120 cm³/mol. The first kappa shape index (κ1) is 20.9. The van der Waals surface area contributed by atoms with Crippen LogP contribution in [-0.4, -0.2) is 61.0 Å². The molecule has 2 aliphatic rings. The fourth-order valence-corrected chi connectivity index (χ4v) is 4.52. The lowest BCUT2D eigenvalue weighted by Gasteiger charge is -2.40. The van der Waals surface area contributed by atoms with Crippen LogP contribution < -0.4 is 10.1 Å². The topological polar surface area (TPSA) is 44.8 Å². The van der Waals surface area contributed by atoms with E-state index in [1.165, 1.54) is 45.2 Å². The van der Waals surface area contributed by atoms with Crippen LogP contribution in [0.4, 0.5) is 0 Å². The quantitative estimate of drug-likeness (QED) is 0.749. The van der Waals surface area contributed by atoms with Crippen LogP contribution in [0.5, 0.6) is 11.5 Å². The van der Waals surface area contributed by atoms with Gasteiger partial charge in [0.2, 0.25) is 0 Å². The zero-order chi connectivity index (χ0) is 20.6. The molecule has 0 atom stereocenters. The van der Waals surface area contributed by atoms with Crippen molar-refractivity contribution in [2.24, 2.45) is 0 Å². The van der Waals surface area contributed by atoms with Crippen LogP contribution in [0, 0.1) is 0 Å². The number of nitrogens with one attached hydrogen (secondary N) is 1. The molecule has 0 unspecified atom stereocenters. The van der Waals surface area contributed by atoms with Crippen molar-refractivity contribution < 1.29 is 9.53 Å². The van der Waals surface area contributed by atoms with Crippen LogP contribution in [0.15, 0.2) is 54.6 Å². The number of ether oxygens (including phenoxy) is 1. The van der Waals surface area contributed by atoms with Crippen LogP contribution in [0.1, 0.15) is 42.5 Å². The Morgan fingerprint density at radius 2 is 1.53 bits per heavy atom. The van der Waals surface area contributed by atoms with E-state index in [-0.39, 0.29) is 5.91 Å². The number of likely N-dealkylation sites (tertiary alicyclic amines) is 2. The number of para-hydroxylation sites is 1. The summed E-state index contributed by atoms with van der Waals surface area (Å²) in [5.41, 5.74) is 0.666. The van der Waals surface area contributed by atoms with E-state index in [9.17, 15) is 4.79 Å². The minimum Gasteiger partial charge on any atom is -0.457 e. The van der Waals surface area contributed by atoms with Crippen LogP contribution in [0.25, 0.3) is 0 Å². The smallest absolute Gasteiger partial charge is 0.251 e. The van der Waals surface area contributed by atoms with Gasteiger partial charge < -0.3 is 19.9 Å². The number of benzene rings is 2. The van der Waals surface area contributed by atoms with Crippen molar-refractivity contribution in [2.45, 2.75) is 38.1 Å². The van der Waals surface area contributed by atoms with Gasteiger partial charge in [-0.15, -0.1) is 0 Å². The molecule has 0 aliphatic carbocycles. The van der Waals surface area contributed by atoms with Gasteiger partial charge in [0.05, 0.1) is 0 Å². The second-order valence-electron chi connectivity index (χ2n) is 8.36. The van der Waals surface area contributed by atoms with Gasteiger partial charge in [0, 0.05) is 24.7 Å². The van der Waals surface area contributed by atoms with Gasteiger partial charge in [0.25, 0.3) is 5.91 Å². The van der Waals surface area contributed by atoms with E-state index in [1.807, 2.05) is 54.6 Å². The Labute approximate surface area is 180 Å². The molecule has 0 saturated carbocycles. The minimum atomic E-state index is -0.0236. The molecule has 2 aliphatic heterocycles. The zero-order valence-electron chi connectivity index (χ0n) is 17.8. The van der Waals surface area contributed by atoms with Crippen molar-refractivity contribution in [3.05, 3.63) is 60.2 Å². The number of hydrogen-bond donors (Lipinski definition) is 1. The fraction of sp³-hybridized carbons (Fsp3) is 0.480. The van der Waals surface area contributed by atoms with Crippen LogP contribution in [0.2, 0.25) is 0 Å². The summed E-state index contributed by atoms with van der Waals surface area (Å²) in [6.07, 6.45) is 6.66. The molecule has 5 nitrogen and oxygen atoms in total. The fourth-order valence-electron chi connectivity index (χ4n) is 4.52. The molecule has 2 saturated heterocycles. The molecular formula is C25H33N3O2. The molecule has 2 fully saturated rings. The largest absolute Gasteiger partial charge is 0.457 e. The van der Waals surface area contributed by atoms with E-state index in [4.69, 9.17) is 4.74 Å². The Kier molecular flexibility index (Phi) is 7.38. The predicted octanol–water partition coefficient (Wildman–Crippen LogP) is 4.16. The van der Waals surface area contributed by atoms with E-state index in [1.54, 1.807) is 0 Å². The highest BCUT2D eigenvalue weighted by Gasteiger charge is 2.25. The van der Waals surface area contributed by atoms with Crippen molar-refractivity contribution in [1.29, 1.82) is 0 Å². The van der Waals surface area contributed by atoms with Gasteiger partial charge in [-0.2, -0.15) is 0 Å². The van der Waals surface area contributed by atoms with Gasteiger partial charge in [-0.05, 0) is 88.3 Å². The first-order chi connectivity index (χ1) is 14.8. The first-order valence-electron chi connectivity index (χ1n) is 11.4. The summed E-state index contributed by atoms with van der Waals surface area (Å²) in [5.74, 6) is 1.50. The summed E-state index contributed by atoms with van der Waals surface area (Å²) in [6.45, 7) is 6.47. The molecular weight excluding hydrogens is 374 g/mol. The molecule has 1 amide bonds. The third kappa shape index (κ3) is 5.83. The average molecular weight is 408 g/mol. The van der Waals surface area contributed by atoms with Crippen LogP contribution in [0.3, 0.4) is 0 Å². The monoisotopic (exact) mass is 407 g/mol. The molecule has 0 bridgehead atoms. The average Bonchev–Trinajstić information content (AvgIpc) is 2.81. The van der Waals surface area contributed by atoms with Crippen molar-refractivity contribution in [3.8, 4) is 11.5 Å². The highest BCUT2D eigenvalue weighted by Crippen LogP contribution is 2.22. The maximum Gasteiger partial charge on any atom is 0.251 e. The molecule has 4 rings (SSSR count). The van der Waals surface area contributed by atoms with Crippen LogP contribution in [-0.2, 0) is 0 Å². The van der Waals surface area contributed by atoms with Crippen LogP contribution >= 0.6 is 0 Å². The Bertz CT molecular complexity index is 780. The third-order valence-electron chi connectivity index (χ3n) is 6.27. The number of hydrogen-bond acceptors (Lipinski definition) is 4. The van der Waals surface area contributed by atoms with Gasteiger partial charge in [-0.3, -0.25) is 4.79 Å². The lowest BCUT2D eigenvalue weighted by molar-refractivity contribution is 0.0881. The first-order valence-corrected chi connectivity index (χ1v) is 11.4. The molecule has 0 radical (unpaired) electrons. The Balaban J connectivity index is 1.16. The van der Waals surface area contributed by atoms with E-state index in [0.29, 0.717) is 12.1 Å². The summed E-state index contributed by atoms with van der Waals surface area (Å²) < 4.78 is 5.78. The highest BCUT2D eigenvalue weighted by molar-refractivity contribution is 5.94. The molecule has 30 heavy (non-hydrogen) atoms. The van der Waals surface area contributed by atoms with Crippen molar-refractivity contribution in [1.82, 2.24) is 15.1 Å². The molecule has 2 aromatic carbocycles. The molecule has 0 aromatic heterocycles. The maximum atomic E-state index is 12.4. The SMILES string of the molecule is O=C(NCCN1CCC(N2CCCCC2)CC1)c1ccc(Oc2ccccc2)cc1. The van der Waals surface area contributed by atoms with E-state index in [0.717, 1.165) is 37.2 Å².